The molecule has 0 aliphatic carbocycles. The number of rotatable bonds is 8. The zero-order valence-electron chi connectivity index (χ0n) is 18.3. The minimum Gasteiger partial charge on any atom is -0.376 e. The maximum Gasteiger partial charge on any atom is 0.231 e. The number of amides is 1. The van der Waals surface area contributed by atoms with Crippen LogP contribution in [-0.4, -0.2) is 33.9 Å². The molecule has 7 heteroatoms. The summed E-state index contributed by atoms with van der Waals surface area (Å²) in [7, 11) is 0. The summed E-state index contributed by atoms with van der Waals surface area (Å²) in [5.74, 6) is 0.334. The van der Waals surface area contributed by atoms with Gasteiger partial charge in [-0.05, 0) is 50.6 Å². The van der Waals surface area contributed by atoms with Crippen LogP contribution in [0.1, 0.15) is 46.3 Å². The molecule has 0 bridgehead atoms. The predicted octanol–water partition coefficient (Wildman–Crippen LogP) is 5.05. The molecule has 1 fully saturated rings. The fourth-order valence-corrected chi connectivity index (χ4v) is 5.52. The number of imidazole rings is 1. The van der Waals surface area contributed by atoms with Crippen LogP contribution in [0.25, 0.3) is 0 Å². The van der Waals surface area contributed by atoms with Crippen molar-refractivity contribution in [3.05, 3.63) is 69.2 Å². The first kappa shape index (κ1) is 22.1. The quantitative estimate of drug-likeness (QED) is 0.483. The number of carbonyl (C=O) groups is 1. The van der Waals surface area contributed by atoms with Crippen LogP contribution in [0, 0.1) is 20.8 Å². The van der Waals surface area contributed by atoms with Crippen molar-refractivity contribution in [2.45, 2.75) is 57.5 Å². The van der Waals surface area contributed by atoms with Gasteiger partial charge in [0, 0.05) is 17.2 Å². The average Bonchev–Trinajstić information content (AvgIpc) is 3.51. The van der Waals surface area contributed by atoms with Gasteiger partial charge in [-0.25, -0.2) is 4.98 Å². The Labute approximate surface area is 192 Å². The number of thioether (sulfide) groups is 1. The number of hydrogen-bond acceptors (Lipinski definition) is 5. The standard InChI is InChI=1S/C24H29N3O2S2/c1-16-8-10-19(11-9-16)23(21-7-5-13-30-21)26-22(28)15-31-24-25-17(2)18(3)27(24)14-20-6-4-12-29-20/h5,7-11,13,20,23H,4,6,12,14-15H2,1-3H3,(H,26,28)/t20-,23+/m1/s1. The summed E-state index contributed by atoms with van der Waals surface area (Å²) >= 11 is 3.16. The topological polar surface area (TPSA) is 56.2 Å². The summed E-state index contributed by atoms with van der Waals surface area (Å²) in [6.07, 6.45) is 2.44. The van der Waals surface area contributed by atoms with Crippen molar-refractivity contribution in [2.75, 3.05) is 12.4 Å². The zero-order valence-corrected chi connectivity index (χ0v) is 19.9. The molecule has 1 N–H and O–H groups in total. The van der Waals surface area contributed by atoms with E-state index in [2.05, 4.69) is 54.1 Å². The van der Waals surface area contributed by atoms with Gasteiger partial charge >= 0.3 is 0 Å². The summed E-state index contributed by atoms with van der Waals surface area (Å²) in [5, 5.41) is 6.17. The molecular formula is C24H29N3O2S2. The van der Waals surface area contributed by atoms with Crippen LogP contribution in [0.2, 0.25) is 0 Å². The van der Waals surface area contributed by atoms with Crippen LogP contribution >= 0.6 is 23.1 Å². The molecule has 3 aromatic rings. The molecule has 3 heterocycles. The molecule has 1 saturated heterocycles. The number of hydrogen-bond donors (Lipinski definition) is 1. The number of aryl methyl sites for hydroxylation is 2. The highest BCUT2D eigenvalue weighted by molar-refractivity contribution is 7.99. The van der Waals surface area contributed by atoms with Gasteiger partial charge in [-0.15, -0.1) is 11.3 Å². The highest BCUT2D eigenvalue weighted by Gasteiger charge is 2.22. The molecular weight excluding hydrogens is 426 g/mol. The number of ether oxygens (including phenoxy) is 1. The highest BCUT2D eigenvalue weighted by Crippen LogP contribution is 2.28. The fourth-order valence-electron chi connectivity index (χ4n) is 3.81. The summed E-state index contributed by atoms with van der Waals surface area (Å²) in [6.45, 7) is 7.83. The number of thiophene rings is 1. The van der Waals surface area contributed by atoms with Gasteiger partial charge in [0.25, 0.3) is 0 Å². The minimum absolute atomic E-state index is 0.00551. The Hall–Kier alpha value is -2.09. The summed E-state index contributed by atoms with van der Waals surface area (Å²) in [4.78, 5) is 18.8. The van der Waals surface area contributed by atoms with Gasteiger partial charge in [0.2, 0.25) is 5.91 Å². The Kier molecular flexibility index (Phi) is 7.15. The van der Waals surface area contributed by atoms with Crippen LogP contribution in [0.5, 0.6) is 0 Å². The second-order valence-electron chi connectivity index (χ2n) is 8.03. The van der Waals surface area contributed by atoms with Crippen LogP contribution in [0.15, 0.2) is 46.9 Å². The predicted molar refractivity (Wildman–Crippen MR) is 127 cm³/mol. The van der Waals surface area contributed by atoms with E-state index in [9.17, 15) is 4.79 Å². The van der Waals surface area contributed by atoms with Crippen LogP contribution in [0.4, 0.5) is 0 Å². The van der Waals surface area contributed by atoms with Crippen molar-refractivity contribution in [1.82, 2.24) is 14.9 Å². The fraction of sp³-hybridized carbons (Fsp3) is 0.417. The second-order valence-corrected chi connectivity index (χ2v) is 9.95. The number of nitrogens with zero attached hydrogens (tertiary/aromatic N) is 2. The maximum absolute atomic E-state index is 12.9. The van der Waals surface area contributed by atoms with Crippen LogP contribution < -0.4 is 5.32 Å². The summed E-state index contributed by atoms with van der Waals surface area (Å²) in [6, 6.07) is 12.3. The third kappa shape index (κ3) is 5.40. The Morgan fingerprint density at radius 2 is 2.10 bits per heavy atom. The molecule has 0 saturated carbocycles. The van der Waals surface area contributed by atoms with Crippen molar-refractivity contribution in [2.24, 2.45) is 0 Å². The lowest BCUT2D eigenvalue weighted by molar-refractivity contribution is -0.119. The zero-order chi connectivity index (χ0) is 21.8. The monoisotopic (exact) mass is 455 g/mol. The molecule has 0 radical (unpaired) electrons. The van der Waals surface area contributed by atoms with Gasteiger partial charge in [0.15, 0.2) is 5.16 Å². The maximum atomic E-state index is 12.9. The van der Waals surface area contributed by atoms with Crippen molar-refractivity contribution < 1.29 is 9.53 Å². The van der Waals surface area contributed by atoms with Gasteiger partial charge in [-0.1, -0.05) is 47.7 Å². The van der Waals surface area contributed by atoms with Crippen LogP contribution in [-0.2, 0) is 16.1 Å². The van der Waals surface area contributed by atoms with E-state index in [1.165, 1.54) is 17.3 Å². The molecule has 1 amide bonds. The molecule has 1 aliphatic rings. The van der Waals surface area contributed by atoms with Crippen molar-refractivity contribution in [3.63, 3.8) is 0 Å². The third-order valence-corrected chi connectivity index (χ3v) is 7.62. The average molecular weight is 456 g/mol. The highest BCUT2D eigenvalue weighted by atomic mass is 32.2. The van der Waals surface area contributed by atoms with Gasteiger partial charge < -0.3 is 14.6 Å². The van der Waals surface area contributed by atoms with E-state index >= 15 is 0 Å². The Bertz CT molecular complexity index is 1010. The molecule has 1 aromatic carbocycles. The smallest absolute Gasteiger partial charge is 0.231 e. The van der Waals surface area contributed by atoms with E-state index in [4.69, 9.17) is 9.72 Å². The molecule has 2 atom stereocenters. The number of benzene rings is 1. The number of carbonyl (C=O) groups excluding carboxylic acids is 1. The third-order valence-electron chi connectivity index (χ3n) is 5.71. The van der Waals surface area contributed by atoms with Crippen molar-refractivity contribution in [1.29, 1.82) is 0 Å². The first-order chi connectivity index (χ1) is 15.0. The van der Waals surface area contributed by atoms with E-state index in [0.29, 0.717) is 5.75 Å². The SMILES string of the molecule is Cc1ccc([C@H](NC(=O)CSc2nc(C)c(C)n2C[C@H]2CCCO2)c2cccs2)cc1. The first-order valence-corrected chi connectivity index (χ1v) is 12.5. The Balaban J connectivity index is 1.44. The molecule has 4 rings (SSSR count). The molecule has 5 nitrogen and oxygen atoms in total. The molecule has 31 heavy (non-hydrogen) atoms. The molecule has 0 unspecified atom stereocenters. The lowest BCUT2D eigenvalue weighted by atomic mass is 10.0. The largest absolute Gasteiger partial charge is 0.376 e. The molecule has 2 aromatic heterocycles. The van der Waals surface area contributed by atoms with Crippen molar-refractivity contribution in [3.8, 4) is 0 Å². The summed E-state index contributed by atoms with van der Waals surface area (Å²) < 4.78 is 8.03. The number of nitrogens with one attached hydrogen (secondary N) is 1. The molecule has 164 valence electrons. The summed E-state index contributed by atoms with van der Waals surface area (Å²) in [5.41, 5.74) is 4.46. The second kappa shape index (κ2) is 10.0. The minimum atomic E-state index is -0.135. The van der Waals surface area contributed by atoms with E-state index in [1.807, 2.05) is 18.4 Å². The first-order valence-electron chi connectivity index (χ1n) is 10.7. The van der Waals surface area contributed by atoms with Gasteiger partial charge in [0.1, 0.15) is 0 Å². The van der Waals surface area contributed by atoms with E-state index < -0.39 is 0 Å². The number of aromatic nitrogens is 2. The lowest BCUT2D eigenvalue weighted by Crippen LogP contribution is -2.30. The normalized spacial score (nSPS) is 17.1. The van der Waals surface area contributed by atoms with Gasteiger partial charge in [-0.3, -0.25) is 4.79 Å². The Morgan fingerprint density at radius 3 is 2.77 bits per heavy atom. The van der Waals surface area contributed by atoms with E-state index in [0.717, 1.165) is 53.0 Å². The van der Waals surface area contributed by atoms with Gasteiger partial charge in [0.05, 0.1) is 30.1 Å². The Morgan fingerprint density at radius 1 is 1.29 bits per heavy atom. The van der Waals surface area contributed by atoms with Crippen molar-refractivity contribution >= 4 is 29.0 Å². The molecule has 0 spiro atoms. The lowest BCUT2D eigenvalue weighted by Gasteiger charge is -2.19. The van der Waals surface area contributed by atoms with E-state index in [1.54, 1.807) is 11.3 Å². The van der Waals surface area contributed by atoms with Gasteiger partial charge in [-0.2, -0.15) is 0 Å². The van der Waals surface area contributed by atoms with Crippen LogP contribution in [0.3, 0.4) is 0 Å². The molecule has 1 aliphatic heterocycles. The van der Waals surface area contributed by atoms with E-state index in [-0.39, 0.29) is 18.1 Å².